The fourth-order valence-electron chi connectivity index (χ4n) is 5.70. The molecular weight excluding hydrogens is 456 g/mol. The summed E-state index contributed by atoms with van der Waals surface area (Å²) in [5, 5.41) is 10.9. The average molecular weight is 483 g/mol. The first-order chi connectivity index (χ1) is 18.9. The van der Waals surface area contributed by atoms with Crippen LogP contribution in [0.5, 0.6) is 0 Å². The van der Waals surface area contributed by atoms with E-state index in [1.165, 1.54) is 65.3 Å². The summed E-state index contributed by atoms with van der Waals surface area (Å²) in [5.74, 6) is 0. The Kier molecular flexibility index (Phi) is 5.57. The summed E-state index contributed by atoms with van der Waals surface area (Å²) in [6.45, 7) is 0. The van der Waals surface area contributed by atoms with E-state index in [1.54, 1.807) is 0 Å². The highest BCUT2D eigenvalue weighted by molar-refractivity contribution is 6.32. The third-order valence-corrected chi connectivity index (χ3v) is 7.49. The van der Waals surface area contributed by atoms with Crippen molar-refractivity contribution >= 4 is 43.1 Å². The Hall–Kier alpha value is -4.94. The fourth-order valence-corrected chi connectivity index (χ4v) is 5.70. The molecule has 0 amide bonds. The minimum atomic E-state index is 1.26. The van der Waals surface area contributed by atoms with Gasteiger partial charge in [0.1, 0.15) is 0 Å². The van der Waals surface area contributed by atoms with Crippen molar-refractivity contribution in [2.75, 3.05) is 0 Å². The molecule has 0 aromatic heterocycles. The molecule has 8 aromatic carbocycles. The molecule has 0 spiro atoms. The molecule has 38 heavy (non-hydrogen) atoms. The fraction of sp³-hybridized carbons (Fsp3) is 0. The van der Waals surface area contributed by atoms with Gasteiger partial charge in [-0.2, -0.15) is 0 Å². The van der Waals surface area contributed by atoms with Gasteiger partial charge in [0.25, 0.3) is 0 Å². The molecule has 8 rings (SSSR count). The van der Waals surface area contributed by atoms with Crippen LogP contribution in [0.1, 0.15) is 0 Å². The van der Waals surface area contributed by atoms with E-state index in [9.17, 15) is 0 Å². The molecule has 178 valence electrons. The Morgan fingerprint density at radius 3 is 0.816 bits per heavy atom. The van der Waals surface area contributed by atoms with Gasteiger partial charge in [-0.25, -0.2) is 0 Å². The van der Waals surface area contributed by atoms with Crippen LogP contribution in [0.25, 0.3) is 65.3 Å². The average Bonchev–Trinajstić information content (AvgIpc) is 3.01. The lowest BCUT2D eigenvalue weighted by molar-refractivity contribution is 1.59. The molecule has 8 aromatic rings. The molecule has 0 saturated carbocycles. The first-order valence-corrected chi connectivity index (χ1v) is 13.1. The third kappa shape index (κ3) is 3.88. The molecule has 0 radical (unpaired) electrons. The van der Waals surface area contributed by atoms with E-state index in [4.69, 9.17) is 0 Å². The van der Waals surface area contributed by atoms with Gasteiger partial charge in [-0.05, 0) is 65.3 Å². The van der Waals surface area contributed by atoms with Crippen molar-refractivity contribution in [2.24, 2.45) is 0 Å². The second-order valence-corrected chi connectivity index (χ2v) is 9.73. The SMILES string of the molecule is c1cc2cccc3c4cccc5cccc(c(c1)c23)c54.c1ccc(-c2ccc(-c3ccccc3)cc2)cc1. The lowest BCUT2D eigenvalue weighted by atomic mass is 9.90. The van der Waals surface area contributed by atoms with Crippen LogP contribution in [0.2, 0.25) is 0 Å². The van der Waals surface area contributed by atoms with E-state index in [2.05, 4.69) is 146 Å². The molecule has 0 aliphatic carbocycles. The van der Waals surface area contributed by atoms with Crippen molar-refractivity contribution in [2.45, 2.75) is 0 Å². The van der Waals surface area contributed by atoms with E-state index in [0.717, 1.165) is 0 Å². The zero-order chi connectivity index (χ0) is 25.3. The van der Waals surface area contributed by atoms with Crippen molar-refractivity contribution in [1.82, 2.24) is 0 Å². The predicted molar refractivity (Wildman–Crippen MR) is 165 cm³/mol. The molecule has 0 nitrogen and oxygen atoms in total. The maximum atomic E-state index is 2.25. The first kappa shape index (κ1) is 22.3. The van der Waals surface area contributed by atoms with Crippen molar-refractivity contribution in [3.05, 3.63) is 158 Å². The van der Waals surface area contributed by atoms with Crippen LogP contribution < -0.4 is 0 Å². The summed E-state index contributed by atoms with van der Waals surface area (Å²) in [6, 6.07) is 56.1. The monoisotopic (exact) mass is 482 g/mol. The minimum absolute atomic E-state index is 1.26. The lowest BCUT2D eigenvalue weighted by Crippen LogP contribution is -1.85. The molecule has 0 saturated heterocycles. The van der Waals surface area contributed by atoms with Gasteiger partial charge in [-0.3, -0.25) is 0 Å². The first-order valence-electron chi connectivity index (χ1n) is 13.1. The van der Waals surface area contributed by atoms with Gasteiger partial charge < -0.3 is 0 Å². The highest BCUT2D eigenvalue weighted by Gasteiger charge is 2.11. The molecule has 0 unspecified atom stereocenters. The van der Waals surface area contributed by atoms with Gasteiger partial charge in [0.05, 0.1) is 0 Å². The molecule has 0 heterocycles. The smallest absolute Gasteiger partial charge is 0.00264 e. The highest BCUT2D eigenvalue weighted by atomic mass is 14.1. The van der Waals surface area contributed by atoms with Crippen molar-refractivity contribution in [3.8, 4) is 22.3 Å². The second kappa shape index (κ2) is 9.50. The quantitative estimate of drug-likeness (QED) is 0.170. The second-order valence-electron chi connectivity index (χ2n) is 9.73. The van der Waals surface area contributed by atoms with E-state index >= 15 is 0 Å². The van der Waals surface area contributed by atoms with Crippen molar-refractivity contribution in [1.29, 1.82) is 0 Å². The van der Waals surface area contributed by atoms with E-state index in [1.807, 2.05) is 12.1 Å². The van der Waals surface area contributed by atoms with Gasteiger partial charge in [-0.1, -0.05) is 158 Å². The number of benzene rings is 8. The highest BCUT2D eigenvalue weighted by Crippen LogP contribution is 2.39. The third-order valence-electron chi connectivity index (χ3n) is 7.49. The Morgan fingerprint density at radius 2 is 0.500 bits per heavy atom. The standard InChI is InChI=1S/C20H12.C18H14/c1-5-13-6-2-11-17-18-12-4-8-14-7-3-10-16(20(14)18)15(9-1)19(13)17;1-3-7-15(8-4-1)17-11-13-18(14-12-17)16-9-5-2-6-10-16/h1-12H;1-14H. The van der Waals surface area contributed by atoms with Crippen LogP contribution in [0.3, 0.4) is 0 Å². The van der Waals surface area contributed by atoms with Gasteiger partial charge in [0.15, 0.2) is 0 Å². The minimum Gasteiger partial charge on any atom is -0.0622 e. The van der Waals surface area contributed by atoms with Crippen molar-refractivity contribution in [3.63, 3.8) is 0 Å². The maximum Gasteiger partial charge on any atom is -0.00264 e. The Balaban J connectivity index is 0.000000128. The predicted octanol–water partition coefficient (Wildman–Crippen LogP) is 10.8. The van der Waals surface area contributed by atoms with Gasteiger partial charge >= 0.3 is 0 Å². The zero-order valence-electron chi connectivity index (χ0n) is 21.0. The van der Waals surface area contributed by atoms with Gasteiger partial charge in [0, 0.05) is 0 Å². The Morgan fingerprint density at radius 1 is 0.211 bits per heavy atom. The number of fused-ring (bicyclic) bond motifs is 2. The van der Waals surface area contributed by atoms with E-state index < -0.39 is 0 Å². The molecule has 0 bridgehead atoms. The molecular formula is C38H26. The van der Waals surface area contributed by atoms with Crippen LogP contribution in [0.4, 0.5) is 0 Å². The Bertz CT molecular complexity index is 1760. The summed E-state index contributed by atoms with van der Waals surface area (Å²) < 4.78 is 0. The summed E-state index contributed by atoms with van der Waals surface area (Å²) in [6.07, 6.45) is 0. The lowest BCUT2D eigenvalue weighted by Gasteiger charge is -2.13. The summed E-state index contributed by atoms with van der Waals surface area (Å²) in [5.41, 5.74) is 5.04. The largest absolute Gasteiger partial charge is 0.0622 e. The topological polar surface area (TPSA) is 0 Å². The Labute approximate surface area is 222 Å². The molecule has 0 heteroatoms. The molecule has 0 atom stereocenters. The van der Waals surface area contributed by atoms with Gasteiger partial charge in [-0.15, -0.1) is 0 Å². The van der Waals surface area contributed by atoms with Crippen LogP contribution >= 0.6 is 0 Å². The molecule has 0 aliphatic heterocycles. The molecule has 0 N–H and O–H groups in total. The van der Waals surface area contributed by atoms with Crippen molar-refractivity contribution < 1.29 is 0 Å². The van der Waals surface area contributed by atoms with Crippen LogP contribution in [0.15, 0.2) is 158 Å². The van der Waals surface area contributed by atoms with E-state index in [0.29, 0.717) is 0 Å². The normalized spacial score (nSPS) is 11.2. The summed E-state index contributed by atoms with van der Waals surface area (Å²) >= 11 is 0. The summed E-state index contributed by atoms with van der Waals surface area (Å²) in [7, 11) is 0. The number of hydrogen-bond donors (Lipinski definition) is 0. The van der Waals surface area contributed by atoms with Crippen LogP contribution in [-0.4, -0.2) is 0 Å². The summed E-state index contributed by atoms with van der Waals surface area (Å²) in [4.78, 5) is 0. The molecule has 0 aliphatic rings. The molecule has 0 fully saturated rings. The van der Waals surface area contributed by atoms with E-state index in [-0.39, 0.29) is 0 Å². The van der Waals surface area contributed by atoms with Crippen LogP contribution in [-0.2, 0) is 0 Å². The maximum absolute atomic E-state index is 2.25. The zero-order valence-corrected chi connectivity index (χ0v) is 21.0. The van der Waals surface area contributed by atoms with Gasteiger partial charge in [0.2, 0.25) is 0 Å². The number of rotatable bonds is 2. The number of hydrogen-bond acceptors (Lipinski definition) is 0. The van der Waals surface area contributed by atoms with Crippen LogP contribution in [0, 0.1) is 0 Å².